The van der Waals surface area contributed by atoms with Crippen molar-refractivity contribution < 1.29 is 0 Å². The highest BCUT2D eigenvalue weighted by atomic mass is 35.5. The van der Waals surface area contributed by atoms with Crippen LogP contribution in [0.3, 0.4) is 0 Å². The number of nitrogens with zero attached hydrogens (tertiary/aromatic N) is 5. The Balaban J connectivity index is 2.50. The van der Waals surface area contributed by atoms with Crippen LogP contribution in [-0.4, -0.2) is 31.8 Å². The molecule has 0 saturated heterocycles. The molecule has 0 fully saturated rings. The maximum Gasteiger partial charge on any atom is 0.256 e. The van der Waals surface area contributed by atoms with Crippen LogP contribution in [0.4, 0.5) is 5.95 Å². The minimum absolute atomic E-state index is 0.0959. The number of aryl methyl sites for hydroxylation is 1. The monoisotopic (exact) mass is 258 g/mol. The van der Waals surface area contributed by atoms with E-state index in [0.29, 0.717) is 22.6 Å². The third-order valence-corrected chi connectivity index (χ3v) is 2.40. The first-order chi connectivity index (χ1) is 7.60. The summed E-state index contributed by atoms with van der Waals surface area (Å²) in [4.78, 5) is 11.9. The summed E-state index contributed by atoms with van der Waals surface area (Å²) in [5.74, 6) is 0.693. The van der Waals surface area contributed by atoms with Gasteiger partial charge in [0.1, 0.15) is 0 Å². The zero-order chi connectivity index (χ0) is 11.7. The lowest BCUT2D eigenvalue weighted by atomic mass is 10.5. The van der Waals surface area contributed by atoms with Gasteiger partial charge in [-0.3, -0.25) is 0 Å². The van der Waals surface area contributed by atoms with Crippen LogP contribution in [-0.2, 0) is 0 Å². The third kappa shape index (κ3) is 2.07. The number of aromatic nitrogens is 5. The Bertz CT molecular complexity index is 504. The predicted molar refractivity (Wildman–Crippen MR) is 61.3 cm³/mol. The Kier molecular flexibility index (Phi) is 2.93. The summed E-state index contributed by atoms with van der Waals surface area (Å²) in [7, 11) is 1.69. The van der Waals surface area contributed by atoms with Gasteiger partial charge in [-0.2, -0.15) is 20.1 Å². The fraction of sp³-hybridized carbons (Fsp3) is 0.250. The van der Waals surface area contributed by atoms with Crippen molar-refractivity contribution in [2.45, 2.75) is 6.92 Å². The van der Waals surface area contributed by atoms with E-state index in [1.807, 2.05) is 0 Å². The first-order valence-corrected chi connectivity index (χ1v) is 5.17. The number of hydrogen-bond donors (Lipinski definition) is 1. The molecule has 0 spiro atoms. The van der Waals surface area contributed by atoms with E-state index in [2.05, 4.69) is 25.4 Å². The van der Waals surface area contributed by atoms with E-state index >= 15 is 0 Å². The third-order valence-electron chi connectivity index (χ3n) is 1.86. The van der Waals surface area contributed by atoms with Crippen molar-refractivity contribution in [1.82, 2.24) is 24.7 Å². The van der Waals surface area contributed by atoms with Crippen molar-refractivity contribution in [3.8, 4) is 5.95 Å². The molecule has 0 bridgehead atoms. The second-order valence-corrected chi connectivity index (χ2v) is 3.73. The van der Waals surface area contributed by atoms with Crippen LogP contribution in [0.25, 0.3) is 5.95 Å². The van der Waals surface area contributed by atoms with Crippen molar-refractivity contribution in [3.63, 3.8) is 0 Å². The van der Waals surface area contributed by atoms with Crippen LogP contribution < -0.4 is 5.32 Å². The van der Waals surface area contributed by atoms with E-state index in [1.54, 1.807) is 20.2 Å². The molecule has 0 aromatic carbocycles. The molecule has 0 aliphatic carbocycles. The summed E-state index contributed by atoms with van der Waals surface area (Å²) in [5, 5.41) is 7.56. The number of rotatable bonds is 2. The molecule has 0 amide bonds. The normalized spacial score (nSPS) is 10.5. The first-order valence-electron chi connectivity index (χ1n) is 4.41. The van der Waals surface area contributed by atoms with E-state index in [9.17, 15) is 0 Å². The van der Waals surface area contributed by atoms with Crippen molar-refractivity contribution in [2.75, 3.05) is 12.4 Å². The largest absolute Gasteiger partial charge is 0.357 e. The molecule has 0 radical (unpaired) electrons. The molecule has 0 saturated carbocycles. The Hall–Kier alpha value is -1.40. The van der Waals surface area contributed by atoms with Gasteiger partial charge in [0.2, 0.25) is 11.2 Å². The maximum absolute atomic E-state index is 5.89. The summed E-state index contributed by atoms with van der Waals surface area (Å²) in [6, 6.07) is 0. The number of anilines is 1. The summed E-state index contributed by atoms with van der Waals surface area (Å²) in [5.41, 5.74) is 0.698. The Morgan fingerprint density at radius 2 is 2.00 bits per heavy atom. The van der Waals surface area contributed by atoms with E-state index in [1.165, 1.54) is 4.68 Å². The van der Waals surface area contributed by atoms with E-state index in [4.69, 9.17) is 23.2 Å². The van der Waals surface area contributed by atoms with Gasteiger partial charge in [0.15, 0.2) is 0 Å². The molecule has 84 valence electrons. The highest BCUT2D eigenvalue weighted by Crippen LogP contribution is 2.15. The van der Waals surface area contributed by atoms with Crippen LogP contribution in [0.2, 0.25) is 10.3 Å². The zero-order valence-corrected chi connectivity index (χ0v) is 10.1. The number of hydrogen-bond acceptors (Lipinski definition) is 5. The molecule has 16 heavy (non-hydrogen) atoms. The molecule has 1 N–H and O–H groups in total. The van der Waals surface area contributed by atoms with E-state index in [0.717, 1.165) is 0 Å². The molecule has 2 rings (SSSR count). The standard InChI is InChI=1S/C8H8Cl2N6/c1-4-5(9)3-16(15-4)8-13-6(10)12-7(11-2)14-8/h3H,1-2H3,(H,11,12,13,14). The highest BCUT2D eigenvalue weighted by Gasteiger charge is 2.09. The SMILES string of the molecule is CNc1nc(Cl)nc(-n2cc(Cl)c(C)n2)n1. The van der Waals surface area contributed by atoms with Crippen LogP contribution in [0.1, 0.15) is 5.69 Å². The van der Waals surface area contributed by atoms with Gasteiger partial charge >= 0.3 is 0 Å². The van der Waals surface area contributed by atoms with Crippen molar-refractivity contribution in [1.29, 1.82) is 0 Å². The van der Waals surface area contributed by atoms with Crippen LogP contribution in [0.15, 0.2) is 6.20 Å². The summed E-state index contributed by atoms with van der Waals surface area (Å²) in [6.07, 6.45) is 1.61. The molecular formula is C8H8Cl2N6. The molecule has 2 aromatic rings. The van der Waals surface area contributed by atoms with Gasteiger partial charge in [0, 0.05) is 7.05 Å². The van der Waals surface area contributed by atoms with Gasteiger partial charge in [-0.25, -0.2) is 4.68 Å². The van der Waals surface area contributed by atoms with E-state index < -0.39 is 0 Å². The van der Waals surface area contributed by atoms with Crippen LogP contribution in [0.5, 0.6) is 0 Å². The lowest BCUT2D eigenvalue weighted by Gasteiger charge is -2.02. The quantitative estimate of drug-likeness (QED) is 0.889. The predicted octanol–water partition coefficient (Wildman–Crippen LogP) is 1.71. The van der Waals surface area contributed by atoms with Gasteiger partial charge < -0.3 is 5.32 Å². The molecule has 0 unspecified atom stereocenters. The van der Waals surface area contributed by atoms with Crippen molar-refractivity contribution in [2.24, 2.45) is 0 Å². The second kappa shape index (κ2) is 4.23. The minimum atomic E-state index is 0.0959. The van der Waals surface area contributed by atoms with Crippen LogP contribution >= 0.6 is 23.2 Å². The average molecular weight is 259 g/mol. The van der Waals surface area contributed by atoms with Crippen molar-refractivity contribution in [3.05, 3.63) is 22.2 Å². The summed E-state index contributed by atoms with van der Waals surface area (Å²) in [6.45, 7) is 1.79. The second-order valence-electron chi connectivity index (χ2n) is 2.99. The molecule has 2 heterocycles. The Labute approximate surface area is 102 Å². The van der Waals surface area contributed by atoms with Gasteiger partial charge in [0.05, 0.1) is 16.9 Å². The molecule has 0 aliphatic rings. The lowest BCUT2D eigenvalue weighted by molar-refractivity contribution is 0.787. The Morgan fingerprint density at radius 1 is 1.25 bits per heavy atom. The number of nitrogens with one attached hydrogen (secondary N) is 1. The number of halogens is 2. The van der Waals surface area contributed by atoms with Gasteiger partial charge in [-0.05, 0) is 18.5 Å². The van der Waals surface area contributed by atoms with Gasteiger partial charge in [0.25, 0.3) is 5.95 Å². The fourth-order valence-corrected chi connectivity index (χ4v) is 1.38. The minimum Gasteiger partial charge on any atom is -0.357 e. The molecule has 6 nitrogen and oxygen atoms in total. The average Bonchev–Trinajstić information content (AvgIpc) is 2.58. The zero-order valence-electron chi connectivity index (χ0n) is 8.57. The van der Waals surface area contributed by atoms with E-state index in [-0.39, 0.29) is 5.28 Å². The maximum atomic E-state index is 5.89. The van der Waals surface area contributed by atoms with Crippen molar-refractivity contribution >= 4 is 29.2 Å². The fourth-order valence-electron chi connectivity index (χ4n) is 1.10. The van der Waals surface area contributed by atoms with Gasteiger partial charge in [-0.1, -0.05) is 11.6 Å². The topological polar surface area (TPSA) is 68.5 Å². The summed E-state index contributed by atoms with van der Waals surface area (Å²) >= 11 is 11.6. The molecule has 8 heteroatoms. The van der Waals surface area contributed by atoms with Crippen LogP contribution in [0, 0.1) is 6.92 Å². The molecular weight excluding hydrogens is 251 g/mol. The van der Waals surface area contributed by atoms with Gasteiger partial charge in [-0.15, -0.1) is 0 Å². The highest BCUT2D eigenvalue weighted by molar-refractivity contribution is 6.31. The smallest absolute Gasteiger partial charge is 0.256 e. The Morgan fingerprint density at radius 3 is 2.56 bits per heavy atom. The summed E-state index contributed by atoms with van der Waals surface area (Å²) < 4.78 is 1.45. The molecule has 2 aromatic heterocycles. The lowest BCUT2D eigenvalue weighted by Crippen LogP contribution is -2.07. The molecule has 0 atom stereocenters. The molecule has 0 aliphatic heterocycles. The first kappa shape index (κ1) is 11.1.